The number of aliphatic carboxylic acids is 1. The van der Waals surface area contributed by atoms with Gasteiger partial charge in [-0.15, -0.1) is 0 Å². The van der Waals surface area contributed by atoms with Crippen LogP contribution < -0.4 is 5.32 Å². The van der Waals surface area contributed by atoms with Crippen LogP contribution in [0.3, 0.4) is 0 Å². The molecule has 3 rings (SSSR count). The Labute approximate surface area is 208 Å². The standard InChI is InChI=1S/C27H37ClN2O4/c1-17(23(31)32)11-13-30-15-21-18(2)26(6,7)34-16-27(21,29-24(30)33)20-9-8-19(22(28)14-20)10-12-25(3,4)5/h8-9,14-15,18H,1,10-13,16H2,2-7H3,(H,29,33)(H,31,32)/t18?,27-/m1/s1. The summed E-state index contributed by atoms with van der Waals surface area (Å²) in [6.45, 7) is 16.9. The molecule has 186 valence electrons. The molecule has 2 aliphatic heterocycles. The van der Waals surface area contributed by atoms with Crippen molar-refractivity contribution in [1.29, 1.82) is 0 Å². The van der Waals surface area contributed by atoms with Crippen molar-refractivity contribution in [3.63, 3.8) is 0 Å². The molecule has 7 heteroatoms. The molecule has 2 heterocycles. The summed E-state index contributed by atoms with van der Waals surface area (Å²) in [6.07, 6.45) is 3.95. The number of urea groups is 1. The normalized spacial score (nSPS) is 24.2. The van der Waals surface area contributed by atoms with E-state index in [4.69, 9.17) is 21.4 Å². The number of ether oxygens (including phenoxy) is 1. The number of hydrogen-bond acceptors (Lipinski definition) is 3. The average molecular weight is 489 g/mol. The number of carboxylic acids is 1. The van der Waals surface area contributed by atoms with Crippen molar-refractivity contribution in [2.24, 2.45) is 11.3 Å². The lowest BCUT2D eigenvalue weighted by molar-refractivity contribution is -0.132. The Kier molecular flexibility index (Phi) is 7.26. The van der Waals surface area contributed by atoms with Crippen LogP contribution in [-0.4, -0.2) is 40.8 Å². The Hall–Kier alpha value is -2.31. The van der Waals surface area contributed by atoms with E-state index in [0.29, 0.717) is 5.02 Å². The number of nitrogens with zero attached hydrogens (tertiary/aromatic N) is 1. The number of halogens is 1. The molecule has 6 nitrogen and oxygen atoms in total. The zero-order chi connectivity index (χ0) is 25.5. The molecule has 2 amide bonds. The lowest BCUT2D eigenvalue weighted by Gasteiger charge is -2.53. The Morgan fingerprint density at radius 1 is 1.35 bits per heavy atom. The van der Waals surface area contributed by atoms with E-state index in [9.17, 15) is 9.59 Å². The minimum absolute atomic E-state index is 0.00799. The molecule has 0 aromatic heterocycles. The van der Waals surface area contributed by atoms with Crippen LogP contribution in [0.4, 0.5) is 4.79 Å². The summed E-state index contributed by atoms with van der Waals surface area (Å²) in [5.74, 6) is -1.06. The molecular weight excluding hydrogens is 452 g/mol. The second kappa shape index (κ2) is 9.38. The maximum atomic E-state index is 13.1. The average Bonchev–Trinajstić information content (AvgIpc) is 2.73. The van der Waals surface area contributed by atoms with Crippen molar-refractivity contribution in [3.8, 4) is 0 Å². The quantitative estimate of drug-likeness (QED) is 0.468. The molecule has 1 fully saturated rings. The number of hydrogen-bond donors (Lipinski definition) is 2. The number of carbonyl (C=O) groups excluding carboxylic acids is 1. The summed E-state index contributed by atoms with van der Waals surface area (Å²) in [5.41, 5.74) is 2.00. The van der Waals surface area contributed by atoms with E-state index in [1.807, 2.05) is 32.2 Å². The smallest absolute Gasteiger partial charge is 0.331 e. The first-order valence-electron chi connectivity index (χ1n) is 11.8. The Morgan fingerprint density at radius 3 is 2.62 bits per heavy atom. The molecule has 2 atom stereocenters. The van der Waals surface area contributed by atoms with Crippen LogP contribution >= 0.6 is 11.6 Å². The fourth-order valence-electron chi connectivity index (χ4n) is 4.43. The number of carbonyl (C=O) groups is 2. The number of carboxylic acid groups (broad SMARTS) is 1. The summed E-state index contributed by atoms with van der Waals surface area (Å²) in [7, 11) is 0. The van der Waals surface area contributed by atoms with Crippen molar-refractivity contribution >= 4 is 23.6 Å². The lowest BCUT2D eigenvalue weighted by Crippen LogP contribution is -2.63. The molecule has 1 aromatic carbocycles. The Bertz CT molecular complexity index is 1020. The van der Waals surface area contributed by atoms with Crippen LogP contribution in [0, 0.1) is 11.3 Å². The van der Waals surface area contributed by atoms with E-state index in [1.165, 1.54) is 0 Å². The summed E-state index contributed by atoms with van der Waals surface area (Å²) in [6, 6.07) is 5.74. The van der Waals surface area contributed by atoms with Crippen LogP contribution in [0.2, 0.25) is 5.02 Å². The van der Waals surface area contributed by atoms with E-state index >= 15 is 0 Å². The van der Waals surface area contributed by atoms with Gasteiger partial charge in [-0.05, 0) is 61.3 Å². The minimum atomic E-state index is -1.05. The first-order valence-corrected chi connectivity index (χ1v) is 12.2. The molecule has 1 saturated heterocycles. The molecule has 1 aromatic rings. The van der Waals surface area contributed by atoms with E-state index in [-0.39, 0.29) is 42.5 Å². The Morgan fingerprint density at radius 2 is 2.03 bits per heavy atom. The zero-order valence-electron chi connectivity index (χ0n) is 21.1. The number of amides is 2. The molecule has 1 unspecified atom stereocenters. The maximum Gasteiger partial charge on any atom is 0.331 e. The summed E-state index contributed by atoms with van der Waals surface area (Å²) < 4.78 is 6.27. The Balaban J connectivity index is 1.98. The van der Waals surface area contributed by atoms with Crippen molar-refractivity contribution in [3.05, 3.63) is 58.3 Å². The number of nitrogens with one attached hydrogen (secondary N) is 1. The predicted molar refractivity (Wildman–Crippen MR) is 135 cm³/mol. The van der Waals surface area contributed by atoms with Crippen molar-refractivity contribution in [2.75, 3.05) is 13.2 Å². The third-order valence-corrected chi connectivity index (χ3v) is 7.54. The number of aryl methyl sites for hydroxylation is 1. The zero-order valence-corrected chi connectivity index (χ0v) is 21.9. The van der Waals surface area contributed by atoms with Crippen molar-refractivity contribution < 1.29 is 19.4 Å². The topological polar surface area (TPSA) is 78.9 Å². The fraction of sp³-hybridized carbons (Fsp3) is 0.556. The molecule has 0 aliphatic carbocycles. The third-order valence-electron chi connectivity index (χ3n) is 7.19. The van der Waals surface area contributed by atoms with Gasteiger partial charge in [-0.1, -0.05) is 58.0 Å². The van der Waals surface area contributed by atoms with Gasteiger partial charge in [0.2, 0.25) is 0 Å². The molecule has 2 aliphatic rings. The van der Waals surface area contributed by atoms with Gasteiger partial charge in [-0.25, -0.2) is 9.59 Å². The molecule has 0 saturated carbocycles. The first kappa shape index (κ1) is 26.3. The highest BCUT2D eigenvalue weighted by atomic mass is 35.5. The van der Waals surface area contributed by atoms with Gasteiger partial charge < -0.3 is 20.1 Å². The highest BCUT2D eigenvalue weighted by molar-refractivity contribution is 6.31. The minimum Gasteiger partial charge on any atom is -0.478 e. The monoisotopic (exact) mass is 488 g/mol. The van der Waals surface area contributed by atoms with Crippen molar-refractivity contribution in [1.82, 2.24) is 10.2 Å². The first-order chi connectivity index (χ1) is 15.7. The van der Waals surface area contributed by atoms with E-state index < -0.39 is 17.1 Å². The number of benzene rings is 1. The molecule has 0 bridgehead atoms. The lowest BCUT2D eigenvalue weighted by atomic mass is 9.69. The van der Waals surface area contributed by atoms with Crippen molar-refractivity contribution in [2.45, 2.75) is 71.9 Å². The van der Waals surface area contributed by atoms with Gasteiger partial charge in [-0.3, -0.25) is 0 Å². The molecule has 34 heavy (non-hydrogen) atoms. The van der Waals surface area contributed by atoms with Gasteiger partial charge in [0.1, 0.15) is 5.54 Å². The second-order valence-electron chi connectivity index (χ2n) is 11.3. The molecule has 0 radical (unpaired) electrons. The van der Waals surface area contributed by atoms with Crippen LogP contribution in [0.25, 0.3) is 0 Å². The highest BCUT2D eigenvalue weighted by Crippen LogP contribution is 2.47. The van der Waals surface area contributed by atoms with Gasteiger partial charge in [0.05, 0.1) is 12.2 Å². The molecular formula is C27H37ClN2O4. The largest absolute Gasteiger partial charge is 0.478 e. The highest BCUT2D eigenvalue weighted by Gasteiger charge is 2.52. The van der Waals surface area contributed by atoms with Gasteiger partial charge in [-0.2, -0.15) is 0 Å². The number of rotatable bonds is 7. The van der Waals surface area contributed by atoms with Crippen LogP contribution in [-0.2, 0) is 21.5 Å². The van der Waals surface area contributed by atoms with Crippen LogP contribution in [0.1, 0.15) is 65.5 Å². The van der Waals surface area contributed by atoms with E-state index in [0.717, 1.165) is 29.5 Å². The van der Waals surface area contributed by atoms with Crippen LogP contribution in [0.5, 0.6) is 0 Å². The summed E-state index contributed by atoms with van der Waals surface area (Å²) in [5, 5.41) is 13.0. The molecule has 2 N–H and O–H groups in total. The fourth-order valence-corrected chi connectivity index (χ4v) is 4.71. The third kappa shape index (κ3) is 5.33. The number of fused-ring (bicyclic) bond motifs is 1. The van der Waals surface area contributed by atoms with E-state index in [1.54, 1.807) is 4.90 Å². The van der Waals surface area contributed by atoms with Crippen LogP contribution in [0.15, 0.2) is 42.1 Å². The van der Waals surface area contributed by atoms with Gasteiger partial charge in [0, 0.05) is 29.3 Å². The maximum absolute atomic E-state index is 13.1. The van der Waals surface area contributed by atoms with Gasteiger partial charge in [0.25, 0.3) is 0 Å². The van der Waals surface area contributed by atoms with E-state index in [2.05, 4.69) is 45.7 Å². The SMILES string of the molecule is C=C(CCN1C=C2C(C)C(C)(C)OC[C@]2(c2ccc(CCC(C)(C)C)c(Cl)c2)NC1=O)C(=O)O. The van der Waals surface area contributed by atoms with Gasteiger partial charge in [0.15, 0.2) is 0 Å². The predicted octanol–water partition coefficient (Wildman–Crippen LogP) is 5.90. The second-order valence-corrected chi connectivity index (χ2v) is 11.7. The molecule has 0 spiro atoms. The summed E-state index contributed by atoms with van der Waals surface area (Å²) >= 11 is 6.73. The summed E-state index contributed by atoms with van der Waals surface area (Å²) in [4.78, 5) is 25.8. The van der Waals surface area contributed by atoms with Gasteiger partial charge >= 0.3 is 12.0 Å².